The number of aromatic nitrogens is 2. The lowest BCUT2D eigenvalue weighted by Crippen LogP contribution is -2.36. The van der Waals surface area contributed by atoms with Gasteiger partial charge in [0.2, 0.25) is 0 Å². The van der Waals surface area contributed by atoms with Crippen LogP contribution in [-0.4, -0.2) is 26.4 Å². The van der Waals surface area contributed by atoms with E-state index in [2.05, 4.69) is 4.98 Å². The van der Waals surface area contributed by atoms with Gasteiger partial charge in [-0.25, -0.2) is 13.2 Å². The first kappa shape index (κ1) is 22.3. The number of benzene rings is 2. The minimum atomic E-state index is -1.00. The molecular weight excluding hydrogens is 421 g/mol. The molecule has 1 aliphatic rings. The Hall–Kier alpha value is -2.87. The maximum Gasteiger partial charge on any atom is 0.280 e. The molecule has 1 heterocycles. The highest BCUT2D eigenvalue weighted by atomic mass is 19.1. The Balaban J connectivity index is 1.57. The van der Waals surface area contributed by atoms with Crippen LogP contribution in [0.25, 0.3) is 10.9 Å². The van der Waals surface area contributed by atoms with E-state index in [1.165, 1.54) is 10.9 Å². The number of aliphatic hydroxyl groups is 1. The van der Waals surface area contributed by atoms with Crippen LogP contribution in [0.1, 0.15) is 45.1 Å². The van der Waals surface area contributed by atoms with E-state index in [-0.39, 0.29) is 29.5 Å². The highest BCUT2D eigenvalue weighted by molar-refractivity contribution is 5.79. The second-order valence-electron chi connectivity index (χ2n) is 8.95. The molecule has 0 amide bonds. The smallest absolute Gasteiger partial charge is 0.280 e. The molecule has 5 nitrogen and oxygen atoms in total. The van der Waals surface area contributed by atoms with Gasteiger partial charge >= 0.3 is 0 Å². The molecule has 1 fully saturated rings. The van der Waals surface area contributed by atoms with Crippen LogP contribution in [0.5, 0.6) is 5.75 Å². The van der Waals surface area contributed by atoms with Crippen LogP contribution in [0.3, 0.4) is 0 Å². The minimum Gasteiger partial charge on any atom is -0.490 e. The summed E-state index contributed by atoms with van der Waals surface area (Å²) in [4.78, 5) is 16.2. The van der Waals surface area contributed by atoms with Crippen LogP contribution < -0.4 is 10.3 Å². The van der Waals surface area contributed by atoms with Gasteiger partial charge in [-0.15, -0.1) is 0 Å². The van der Waals surface area contributed by atoms with E-state index in [1.807, 2.05) is 13.8 Å². The lowest BCUT2D eigenvalue weighted by atomic mass is 9.78. The lowest BCUT2D eigenvalue weighted by molar-refractivity contribution is -0.0151. The summed E-state index contributed by atoms with van der Waals surface area (Å²) >= 11 is 0. The zero-order valence-electron chi connectivity index (χ0n) is 17.9. The predicted molar refractivity (Wildman–Crippen MR) is 114 cm³/mol. The summed E-state index contributed by atoms with van der Waals surface area (Å²) in [7, 11) is 0. The van der Waals surface area contributed by atoms with Crippen LogP contribution >= 0.6 is 0 Å². The first-order chi connectivity index (χ1) is 15.1. The van der Waals surface area contributed by atoms with Crippen LogP contribution in [0.2, 0.25) is 0 Å². The number of nitrogens with zero attached hydrogens (tertiary/aromatic N) is 2. The Morgan fingerprint density at radius 2 is 1.75 bits per heavy atom. The van der Waals surface area contributed by atoms with E-state index in [0.717, 1.165) is 25.7 Å². The van der Waals surface area contributed by atoms with Crippen molar-refractivity contribution in [1.82, 2.24) is 9.55 Å². The molecule has 4 rings (SSSR count). The lowest BCUT2D eigenvalue weighted by Gasteiger charge is -2.35. The zero-order chi connectivity index (χ0) is 23.0. The summed E-state index contributed by atoms with van der Waals surface area (Å²) in [6, 6.07) is 6.18. The fourth-order valence-electron chi connectivity index (χ4n) is 4.36. The van der Waals surface area contributed by atoms with Crippen molar-refractivity contribution in [2.24, 2.45) is 5.92 Å². The number of hydrogen-bond acceptors (Lipinski definition) is 4. The number of fused-ring (bicyclic) bond motifs is 1. The van der Waals surface area contributed by atoms with Gasteiger partial charge in [-0.3, -0.25) is 4.79 Å². The molecule has 0 spiro atoms. The van der Waals surface area contributed by atoms with Crippen molar-refractivity contribution in [3.05, 3.63) is 70.0 Å². The number of rotatable bonds is 5. The van der Waals surface area contributed by atoms with Crippen molar-refractivity contribution in [3.8, 4) is 5.75 Å². The van der Waals surface area contributed by atoms with Gasteiger partial charge in [-0.1, -0.05) is 0 Å². The molecule has 0 aliphatic heterocycles. The molecule has 1 aliphatic carbocycles. The van der Waals surface area contributed by atoms with Crippen LogP contribution in [0.15, 0.2) is 41.5 Å². The molecular formula is C24H25F3N2O3. The molecule has 8 heteroatoms. The summed E-state index contributed by atoms with van der Waals surface area (Å²) in [5, 5.41) is 10.5. The fraction of sp³-hybridized carbons (Fsp3) is 0.417. The number of halogens is 3. The quantitative estimate of drug-likeness (QED) is 0.624. The molecule has 170 valence electrons. The van der Waals surface area contributed by atoms with Crippen molar-refractivity contribution in [3.63, 3.8) is 0 Å². The average Bonchev–Trinajstić information content (AvgIpc) is 2.72. The first-order valence-corrected chi connectivity index (χ1v) is 10.6. The maximum atomic E-state index is 14.1. The first-order valence-electron chi connectivity index (χ1n) is 10.6. The molecule has 1 saturated carbocycles. The van der Waals surface area contributed by atoms with E-state index in [0.29, 0.717) is 23.4 Å². The molecule has 0 bridgehead atoms. The van der Waals surface area contributed by atoms with Crippen molar-refractivity contribution in [1.29, 1.82) is 0 Å². The summed E-state index contributed by atoms with van der Waals surface area (Å²) < 4.78 is 48.9. The minimum absolute atomic E-state index is 0.0210. The topological polar surface area (TPSA) is 64.3 Å². The van der Waals surface area contributed by atoms with Gasteiger partial charge in [0.25, 0.3) is 5.56 Å². The van der Waals surface area contributed by atoms with Gasteiger partial charge in [0, 0.05) is 17.7 Å². The Labute approximate surface area is 183 Å². The van der Waals surface area contributed by atoms with E-state index in [9.17, 15) is 23.1 Å². The fourth-order valence-corrected chi connectivity index (χ4v) is 4.36. The van der Waals surface area contributed by atoms with Crippen molar-refractivity contribution in [2.75, 3.05) is 0 Å². The normalized spacial score (nSPS) is 19.3. The molecule has 0 unspecified atom stereocenters. The van der Waals surface area contributed by atoms with Gasteiger partial charge in [0.1, 0.15) is 23.2 Å². The Morgan fingerprint density at radius 3 is 2.38 bits per heavy atom. The monoisotopic (exact) mass is 446 g/mol. The van der Waals surface area contributed by atoms with Crippen molar-refractivity contribution >= 4 is 10.9 Å². The van der Waals surface area contributed by atoms with Crippen molar-refractivity contribution in [2.45, 2.75) is 57.8 Å². The Morgan fingerprint density at radius 1 is 1.09 bits per heavy atom. The summed E-state index contributed by atoms with van der Waals surface area (Å²) in [6.07, 6.45) is 4.49. The molecule has 32 heavy (non-hydrogen) atoms. The average molecular weight is 446 g/mol. The summed E-state index contributed by atoms with van der Waals surface area (Å²) in [6.45, 7) is 3.40. The van der Waals surface area contributed by atoms with Crippen LogP contribution in [0.4, 0.5) is 13.2 Å². The Bertz CT molecular complexity index is 1170. The molecule has 3 aromatic rings. The number of hydrogen-bond donors (Lipinski definition) is 1. The second kappa shape index (κ2) is 8.58. The molecule has 1 N–H and O–H groups in total. The molecule has 2 aromatic carbocycles. The largest absolute Gasteiger partial charge is 0.490 e. The van der Waals surface area contributed by atoms with Gasteiger partial charge in [0.05, 0.1) is 35.5 Å². The highest BCUT2D eigenvalue weighted by Crippen LogP contribution is 2.34. The SMILES string of the molecule is CC(C)(O)[C@H]1CC[C@H](Oc2ccc3c(c2)c(=O)ncn3Cc2c(F)cc(F)cc2F)CC1. The second-order valence-corrected chi connectivity index (χ2v) is 8.95. The van der Waals surface area contributed by atoms with Crippen LogP contribution in [-0.2, 0) is 6.54 Å². The van der Waals surface area contributed by atoms with Crippen molar-refractivity contribution < 1.29 is 23.0 Å². The van der Waals surface area contributed by atoms with Gasteiger partial charge in [0.15, 0.2) is 0 Å². The third kappa shape index (κ3) is 4.65. The summed E-state index contributed by atoms with van der Waals surface area (Å²) in [5.74, 6) is -2.26. The third-order valence-electron chi connectivity index (χ3n) is 6.23. The summed E-state index contributed by atoms with van der Waals surface area (Å²) in [5.41, 5.74) is -1.07. The third-order valence-corrected chi connectivity index (χ3v) is 6.23. The zero-order valence-corrected chi connectivity index (χ0v) is 17.9. The number of ether oxygens (including phenoxy) is 1. The van der Waals surface area contributed by atoms with Gasteiger partial charge < -0.3 is 14.4 Å². The molecule has 0 saturated heterocycles. The molecule has 1 aromatic heterocycles. The highest BCUT2D eigenvalue weighted by Gasteiger charge is 2.32. The van der Waals surface area contributed by atoms with Crippen LogP contribution in [0, 0.1) is 23.4 Å². The molecule has 0 atom stereocenters. The standard InChI is InChI=1S/C24H25F3N2O3/c1-24(2,31)14-3-5-16(6-4-14)32-17-7-8-22-18(11-17)23(30)28-13-29(22)12-19-20(26)9-15(25)10-21(19)27/h7-11,13-14,16,31H,3-6,12H2,1-2H3/t14-,16-. The van der Waals surface area contributed by atoms with Gasteiger partial charge in [-0.05, 0) is 63.6 Å². The Kier molecular flexibility index (Phi) is 5.99. The van der Waals surface area contributed by atoms with E-state index in [1.54, 1.807) is 18.2 Å². The van der Waals surface area contributed by atoms with E-state index < -0.39 is 28.6 Å². The van der Waals surface area contributed by atoms with E-state index in [4.69, 9.17) is 4.74 Å². The van der Waals surface area contributed by atoms with Gasteiger partial charge in [-0.2, -0.15) is 4.98 Å². The predicted octanol–water partition coefficient (Wildman–Crippen LogP) is 4.57. The maximum absolute atomic E-state index is 14.1. The molecule has 0 radical (unpaired) electrons. The van der Waals surface area contributed by atoms with E-state index >= 15 is 0 Å².